The van der Waals surface area contributed by atoms with E-state index in [2.05, 4.69) is 10.3 Å². The number of aromatic nitrogens is 1. The highest BCUT2D eigenvalue weighted by molar-refractivity contribution is 6.31. The number of anilines is 1. The first kappa shape index (κ1) is 24.7. The fourth-order valence-corrected chi connectivity index (χ4v) is 4.82. The maximum Gasteiger partial charge on any atom is 0.322 e. The smallest absolute Gasteiger partial charge is 0.322 e. The molecule has 9 heteroatoms. The van der Waals surface area contributed by atoms with Crippen LogP contribution in [-0.2, 0) is 4.79 Å². The SMILES string of the molecule is CC(=O)N1CCC(CN(C(=O)Nc2ccc(F)c(Cl)c2)[C@@H](C)c2c[nH]c(=O)c3ccccc23)CC1. The largest absolute Gasteiger partial charge is 0.343 e. The summed E-state index contributed by atoms with van der Waals surface area (Å²) in [6.45, 7) is 5.25. The molecule has 2 heterocycles. The molecule has 0 bridgehead atoms. The Morgan fingerprint density at radius 2 is 1.89 bits per heavy atom. The van der Waals surface area contributed by atoms with Crippen molar-refractivity contribution in [3.63, 3.8) is 0 Å². The molecule has 4 rings (SSSR count). The number of aromatic amines is 1. The second-order valence-corrected chi connectivity index (χ2v) is 9.36. The molecule has 184 valence electrons. The zero-order chi connectivity index (χ0) is 25.1. The lowest BCUT2D eigenvalue weighted by atomic mass is 9.94. The molecule has 3 aromatic rings. The summed E-state index contributed by atoms with van der Waals surface area (Å²) in [6, 6.07) is 10.6. The lowest BCUT2D eigenvalue weighted by Crippen LogP contribution is -2.44. The highest BCUT2D eigenvalue weighted by Crippen LogP contribution is 2.30. The summed E-state index contributed by atoms with van der Waals surface area (Å²) in [4.78, 5) is 43.9. The Hall–Kier alpha value is -3.39. The molecule has 0 unspecified atom stereocenters. The van der Waals surface area contributed by atoms with Crippen molar-refractivity contribution in [2.75, 3.05) is 25.0 Å². The molecule has 35 heavy (non-hydrogen) atoms. The number of likely N-dealkylation sites (tertiary alicyclic amines) is 1. The van der Waals surface area contributed by atoms with Crippen LogP contribution < -0.4 is 10.9 Å². The van der Waals surface area contributed by atoms with E-state index >= 15 is 0 Å². The predicted molar refractivity (Wildman–Crippen MR) is 135 cm³/mol. The highest BCUT2D eigenvalue weighted by Gasteiger charge is 2.29. The van der Waals surface area contributed by atoms with E-state index in [1.54, 1.807) is 30.2 Å². The summed E-state index contributed by atoms with van der Waals surface area (Å²) in [5, 5.41) is 4.09. The third-order valence-corrected chi connectivity index (χ3v) is 7.00. The number of carbonyl (C=O) groups is 2. The Bertz CT molecular complexity index is 1300. The number of hydrogen-bond acceptors (Lipinski definition) is 3. The number of halogens is 2. The van der Waals surface area contributed by atoms with Crippen LogP contribution in [-0.4, -0.2) is 46.4 Å². The summed E-state index contributed by atoms with van der Waals surface area (Å²) in [7, 11) is 0. The van der Waals surface area contributed by atoms with E-state index in [4.69, 9.17) is 11.6 Å². The molecular weight excluding hydrogens is 471 g/mol. The number of amides is 3. The molecule has 2 aromatic carbocycles. The summed E-state index contributed by atoms with van der Waals surface area (Å²) in [5.74, 6) is -0.309. The number of carbonyl (C=O) groups excluding carboxylic acids is 2. The number of urea groups is 1. The van der Waals surface area contributed by atoms with Gasteiger partial charge in [0.2, 0.25) is 5.91 Å². The molecule has 1 saturated heterocycles. The van der Waals surface area contributed by atoms with Crippen molar-refractivity contribution in [3.8, 4) is 0 Å². The average Bonchev–Trinajstić information content (AvgIpc) is 2.85. The molecular formula is C26H28ClFN4O3. The van der Waals surface area contributed by atoms with Crippen molar-refractivity contribution in [2.45, 2.75) is 32.7 Å². The minimum Gasteiger partial charge on any atom is -0.343 e. The topological polar surface area (TPSA) is 85.5 Å². The third kappa shape index (κ3) is 5.48. The number of hydrogen-bond donors (Lipinski definition) is 2. The number of rotatable bonds is 5. The first-order chi connectivity index (χ1) is 16.7. The first-order valence-electron chi connectivity index (χ1n) is 11.6. The van der Waals surface area contributed by atoms with Gasteiger partial charge in [0.05, 0.1) is 11.1 Å². The molecule has 1 aliphatic heterocycles. The number of H-pyrrole nitrogens is 1. The molecule has 3 amide bonds. The maximum absolute atomic E-state index is 13.6. The van der Waals surface area contributed by atoms with Gasteiger partial charge in [-0.15, -0.1) is 0 Å². The van der Waals surface area contributed by atoms with Crippen LogP contribution in [0, 0.1) is 11.7 Å². The van der Waals surface area contributed by atoms with Crippen molar-refractivity contribution in [3.05, 3.63) is 75.4 Å². The molecule has 7 nitrogen and oxygen atoms in total. The number of piperidine rings is 1. The van der Waals surface area contributed by atoms with Gasteiger partial charge in [-0.05, 0) is 60.9 Å². The van der Waals surface area contributed by atoms with E-state index in [1.807, 2.05) is 24.0 Å². The fraction of sp³-hybridized carbons (Fsp3) is 0.346. The van der Waals surface area contributed by atoms with Crippen LogP contribution in [0.15, 0.2) is 53.5 Å². The van der Waals surface area contributed by atoms with Crippen molar-refractivity contribution < 1.29 is 14.0 Å². The molecule has 0 spiro atoms. The summed E-state index contributed by atoms with van der Waals surface area (Å²) >= 11 is 5.90. The summed E-state index contributed by atoms with van der Waals surface area (Å²) < 4.78 is 13.6. The van der Waals surface area contributed by atoms with Gasteiger partial charge in [-0.3, -0.25) is 9.59 Å². The van der Waals surface area contributed by atoms with Crippen LogP contribution in [0.5, 0.6) is 0 Å². The van der Waals surface area contributed by atoms with E-state index < -0.39 is 5.82 Å². The molecule has 2 N–H and O–H groups in total. The van der Waals surface area contributed by atoms with E-state index in [9.17, 15) is 18.8 Å². The van der Waals surface area contributed by atoms with Crippen molar-refractivity contribution in [1.29, 1.82) is 0 Å². The molecule has 1 atom stereocenters. The average molecular weight is 499 g/mol. The maximum atomic E-state index is 13.6. The second kappa shape index (κ2) is 10.5. The van der Waals surface area contributed by atoms with E-state index in [-0.39, 0.29) is 34.5 Å². The van der Waals surface area contributed by atoms with E-state index in [0.29, 0.717) is 30.7 Å². The van der Waals surface area contributed by atoms with Crippen molar-refractivity contribution in [2.24, 2.45) is 5.92 Å². The number of nitrogens with one attached hydrogen (secondary N) is 2. The van der Waals surface area contributed by atoms with Crippen LogP contribution in [0.2, 0.25) is 5.02 Å². The minimum atomic E-state index is -0.563. The third-order valence-electron chi connectivity index (χ3n) is 6.71. The zero-order valence-electron chi connectivity index (χ0n) is 19.7. The number of benzene rings is 2. The van der Waals surface area contributed by atoms with Gasteiger partial charge in [0.1, 0.15) is 5.82 Å². The van der Waals surface area contributed by atoms with Crippen LogP contribution in [0.4, 0.5) is 14.9 Å². The van der Waals surface area contributed by atoms with Gasteiger partial charge in [0.25, 0.3) is 5.56 Å². The fourth-order valence-electron chi connectivity index (χ4n) is 4.64. The molecule has 0 saturated carbocycles. The predicted octanol–water partition coefficient (Wildman–Crippen LogP) is 5.17. The zero-order valence-corrected chi connectivity index (χ0v) is 20.4. The van der Waals surface area contributed by atoms with Gasteiger partial charge in [-0.2, -0.15) is 0 Å². The standard InChI is InChI=1S/C26H28ClFN4O3/c1-16(22-14-29-25(34)21-6-4-3-5-20(21)22)32(15-18-9-11-31(12-10-18)17(2)33)26(35)30-19-7-8-24(28)23(27)13-19/h3-8,13-14,16,18H,9-12,15H2,1-2H3,(H,29,34)(H,30,35)/t16-/m0/s1. The van der Waals surface area contributed by atoms with Crippen LogP contribution in [0.1, 0.15) is 38.3 Å². The molecule has 1 fully saturated rings. The van der Waals surface area contributed by atoms with Gasteiger partial charge >= 0.3 is 6.03 Å². The van der Waals surface area contributed by atoms with Crippen LogP contribution in [0.25, 0.3) is 10.8 Å². The normalized spacial score (nSPS) is 15.1. The van der Waals surface area contributed by atoms with Crippen LogP contribution >= 0.6 is 11.6 Å². The van der Waals surface area contributed by atoms with Gasteiger partial charge in [0, 0.05) is 43.8 Å². The Balaban J connectivity index is 1.63. The Labute approximate surface area is 207 Å². The second-order valence-electron chi connectivity index (χ2n) is 8.96. The van der Waals surface area contributed by atoms with E-state index in [1.165, 1.54) is 18.2 Å². The summed E-state index contributed by atoms with van der Waals surface area (Å²) in [6.07, 6.45) is 3.22. The van der Waals surface area contributed by atoms with Gasteiger partial charge < -0.3 is 20.1 Å². The monoisotopic (exact) mass is 498 g/mol. The Morgan fingerprint density at radius 1 is 1.20 bits per heavy atom. The van der Waals surface area contributed by atoms with Gasteiger partial charge in [-0.1, -0.05) is 29.8 Å². The van der Waals surface area contributed by atoms with Crippen molar-refractivity contribution >= 4 is 40.0 Å². The number of nitrogens with zero attached hydrogens (tertiary/aromatic N) is 2. The van der Waals surface area contributed by atoms with Crippen LogP contribution in [0.3, 0.4) is 0 Å². The minimum absolute atomic E-state index is 0.0549. The first-order valence-corrected chi connectivity index (χ1v) is 12.0. The van der Waals surface area contributed by atoms with Gasteiger partial charge in [-0.25, -0.2) is 9.18 Å². The van der Waals surface area contributed by atoms with Gasteiger partial charge in [0.15, 0.2) is 0 Å². The molecule has 1 aliphatic rings. The van der Waals surface area contributed by atoms with Crippen molar-refractivity contribution in [1.82, 2.24) is 14.8 Å². The lowest BCUT2D eigenvalue weighted by molar-refractivity contribution is -0.130. The Morgan fingerprint density at radius 3 is 2.54 bits per heavy atom. The Kier molecular flexibility index (Phi) is 7.40. The molecule has 1 aromatic heterocycles. The highest BCUT2D eigenvalue weighted by atomic mass is 35.5. The molecule has 0 aliphatic carbocycles. The molecule has 0 radical (unpaired) electrons. The number of pyridine rings is 1. The lowest BCUT2D eigenvalue weighted by Gasteiger charge is -2.37. The quantitative estimate of drug-likeness (QED) is 0.508. The summed E-state index contributed by atoms with van der Waals surface area (Å²) in [5.41, 5.74) is 1.01. The number of fused-ring (bicyclic) bond motifs is 1. The van der Waals surface area contributed by atoms with E-state index in [0.717, 1.165) is 23.8 Å².